The Balaban J connectivity index is 0.00000144. The minimum atomic E-state index is -2.47. The van der Waals surface area contributed by atoms with E-state index in [9.17, 15) is 18.9 Å². The summed E-state index contributed by atoms with van der Waals surface area (Å²) in [6.07, 6.45) is 2.02. The molecule has 8 heteroatoms. The van der Waals surface area contributed by atoms with Gasteiger partial charge in [0.05, 0.1) is 9.82 Å². The molecule has 0 saturated heterocycles. The average molecular weight is 210 g/mol. The molecule has 1 unspecified atom stereocenters. The summed E-state index contributed by atoms with van der Waals surface area (Å²) in [5.74, 6) is 0. The minimum absolute atomic E-state index is 0. The van der Waals surface area contributed by atoms with Crippen molar-refractivity contribution in [1.29, 1.82) is 0 Å². The molecule has 1 heterocycles. The molecule has 0 N–H and O–H groups in total. The average Bonchev–Trinajstić information content (AvgIpc) is 2.04. The molecule has 0 aromatic carbocycles. The summed E-state index contributed by atoms with van der Waals surface area (Å²) >= 11 is -2.47. The van der Waals surface area contributed by atoms with Crippen LogP contribution in [0.4, 0.5) is 5.69 Å². The number of nitro groups is 1. The van der Waals surface area contributed by atoms with Crippen LogP contribution in [0.3, 0.4) is 0 Å². The number of aromatic nitrogens is 1. The molecular weight excluding hydrogens is 207 g/mol. The molecule has 13 heavy (non-hydrogen) atoms. The molecule has 0 spiro atoms. The zero-order chi connectivity index (χ0) is 9.14. The van der Waals surface area contributed by atoms with Crippen molar-refractivity contribution in [2.45, 2.75) is 4.90 Å². The molecule has 0 aliphatic heterocycles. The van der Waals surface area contributed by atoms with Gasteiger partial charge in [0.1, 0.15) is 6.20 Å². The zero-order valence-electron chi connectivity index (χ0n) is 6.67. The largest absolute Gasteiger partial charge is 1.00 e. The monoisotopic (exact) mass is 210 g/mol. The molecule has 1 rings (SSSR count). The molecule has 1 atom stereocenters. The molecular formula is C5H3N2NaO4S. The number of rotatable bonds is 2. The van der Waals surface area contributed by atoms with E-state index < -0.39 is 16.0 Å². The van der Waals surface area contributed by atoms with Crippen LogP contribution in [-0.2, 0) is 11.1 Å². The SMILES string of the molecule is O=[N+]([O-])c1cncc(S(=O)[O-])c1.[Na+]. The Hall–Kier alpha value is -0.340. The first-order chi connectivity index (χ1) is 5.61. The Labute approximate surface area is 98.1 Å². The van der Waals surface area contributed by atoms with Crippen molar-refractivity contribution in [2.24, 2.45) is 0 Å². The predicted molar refractivity (Wildman–Crippen MR) is 38.1 cm³/mol. The fraction of sp³-hybridized carbons (Fsp3) is 0. The van der Waals surface area contributed by atoms with Crippen LogP contribution in [0.5, 0.6) is 0 Å². The maximum absolute atomic E-state index is 10.3. The van der Waals surface area contributed by atoms with Gasteiger partial charge in [-0.2, -0.15) is 0 Å². The van der Waals surface area contributed by atoms with Crippen LogP contribution in [0.15, 0.2) is 23.4 Å². The predicted octanol–water partition coefficient (Wildman–Crippen LogP) is -2.77. The molecule has 6 nitrogen and oxygen atoms in total. The molecule has 64 valence electrons. The molecule has 0 amide bonds. The Kier molecular flexibility index (Phi) is 5.26. The standard InChI is InChI=1S/C5H4N2O4S.Na/c8-7(9)4-1-5(12(10)11)3-6-2-4;/h1-3H,(H,10,11);/q;+1/p-1. The van der Waals surface area contributed by atoms with Gasteiger partial charge in [0.25, 0.3) is 5.69 Å². The van der Waals surface area contributed by atoms with Crippen LogP contribution in [0, 0.1) is 10.1 Å². The van der Waals surface area contributed by atoms with Gasteiger partial charge in [-0.3, -0.25) is 19.3 Å². The van der Waals surface area contributed by atoms with Gasteiger partial charge < -0.3 is 4.55 Å². The maximum Gasteiger partial charge on any atom is 1.00 e. The molecule has 0 saturated carbocycles. The van der Waals surface area contributed by atoms with Gasteiger partial charge in [0.15, 0.2) is 0 Å². The zero-order valence-corrected chi connectivity index (χ0v) is 9.48. The summed E-state index contributed by atoms with van der Waals surface area (Å²) in [5, 5.41) is 10.1. The van der Waals surface area contributed by atoms with E-state index in [0.29, 0.717) is 0 Å². The minimum Gasteiger partial charge on any atom is -0.768 e. The van der Waals surface area contributed by atoms with Gasteiger partial charge in [-0.1, -0.05) is 0 Å². The number of hydrogen-bond donors (Lipinski definition) is 0. The van der Waals surface area contributed by atoms with Crippen LogP contribution in [-0.4, -0.2) is 18.7 Å². The Morgan fingerprint density at radius 3 is 2.54 bits per heavy atom. The van der Waals surface area contributed by atoms with Gasteiger partial charge >= 0.3 is 29.6 Å². The smallest absolute Gasteiger partial charge is 0.768 e. The third-order valence-electron chi connectivity index (χ3n) is 1.10. The van der Waals surface area contributed by atoms with Crippen LogP contribution < -0.4 is 29.6 Å². The van der Waals surface area contributed by atoms with E-state index in [4.69, 9.17) is 0 Å². The van der Waals surface area contributed by atoms with Gasteiger partial charge in [-0.05, 0) is 11.1 Å². The summed E-state index contributed by atoms with van der Waals surface area (Å²) in [6, 6.07) is 0.941. The topological polar surface area (TPSA) is 96.2 Å². The number of pyridine rings is 1. The van der Waals surface area contributed by atoms with E-state index in [2.05, 4.69) is 4.98 Å². The van der Waals surface area contributed by atoms with Gasteiger partial charge in [0, 0.05) is 12.3 Å². The molecule has 0 bridgehead atoms. The second kappa shape index (κ2) is 5.40. The van der Waals surface area contributed by atoms with E-state index in [-0.39, 0.29) is 40.1 Å². The molecule has 1 aromatic heterocycles. The number of nitrogens with zero attached hydrogens (tertiary/aromatic N) is 2. The van der Waals surface area contributed by atoms with Crippen molar-refractivity contribution in [3.8, 4) is 0 Å². The summed E-state index contributed by atoms with van der Waals surface area (Å²) < 4.78 is 20.6. The summed E-state index contributed by atoms with van der Waals surface area (Å²) in [5.41, 5.74) is -0.336. The van der Waals surface area contributed by atoms with Crippen molar-refractivity contribution >= 4 is 16.8 Å². The fourth-order valence-electron chi connectivity index (χ4n) is 0.598. The first kappa shape index (κ1) is 12.7. The van der Waals surface area contributed by atoms with Crippen LogP contribution in [0.1, 0.15) is 0 Å². The van der Waals surface area contributed by atoms with E-state index >= 15 is 0 Å². The van der Waals surface area contributed by atoms with E-state index in [1.165, 1.54) is 0 Å². The quantitative estimate of drug-likeness (QED) is 0.228. The Morgan fingerprint density at radius 1 is 1.46 bits per heavy atom. The maximum atomic E-state index is 10.3. The molecule has 0 radical (unpaired) electrons. The van der Waals surface area contributed by atoms with Crippen LogP contribution >= 0.6 is 0 Å². The molecule has 0 fully saturated rings. The molecule has 0 aliphatic carbocycles. The summed E-state index contributed by atoms with van der Waals surface area (Å²) in [4.78, 5) is 12.6. The second-order valence-electron chi connectivity index (χ2n) is 1.87. The molecule has 0 aliphatic rings. The third kappa shape index (κ3) is 3.49. The summed E-state index contributed by atoms with van der Waals surface area (Å²) in [6.45, 7) is 0. The fourth-order valence-corrected chi connectivity index (χ4v) is 0.962. The Bertz CT molecular complexity index is 316. The second-order valence-corrected chi connectivity index (χ2v) is 2.81. The van der Waals surface area contributed by atoms with Crippen LogP contribution in [0.25, 0.3) is 0 Å². The van der Waals surface area contributed by atoms with Crippen molar-refractivity contribution in [3.63, 3.8) is 0 Å². The van der Waals surface area contributed by atoms with Gasteiger partial charge in [0.2, 0.25) is 0 Å². The number of hydrogen-bond acceptors (Lipinski definition) is 5. The first-order valence-electron chi connectivity index (χ1n) is 2.80. The first-order valence-corrected chi connectivity index (χ1v) is 3.87. The summed E-state index contributed by atoms with van der Waals surface area (Å²) in [7, 11) is 0. The van der Waals surface area contributed by atoms with E-state index in [0.717, 1.165) is 18.5 Å². The van der Waals surface area contributed by atoms with Crippen molar-refractivity contribution in [2.75, 3.05) is 0 Å². The van der Waals surface area contributed by atoms with Crippen molar-refractivity contribution < 1.29 is 43.2 Å². The van der Waals surface area contributed by atoms with E-state index in [1.54, 1.807) is 0 Å². The van der Waals surface area contributed by atoms with Crippen molar-refractivity contribution in [3.05, 3.63) is 28.6 Å². The van der Waals surface area contributed by atoms with Gasteiger partial charge in [-0.25, -0.2) is 0 Å². The van der Waals surface area contributed by atoms with Crippen molar-refractivity contribution in [1.82, 2.24) is 4.98 Å². The molecule has 1 aromatic rings. The normalized spacial score (nSPS) is 11.5. The third-order valence-corrected chi connectivity index (χ3v) is 1.71. The van der Waals surface area contributed by atoms with E-state index in [1.807, 2.05) is 0 Å². The Morgan fingerprint density at radius 2 is 2.08 bits per heavy atom. The van der Waals surface area contributed by atoms with Crippen LogP contribution in [0.2, 0.25) is 0 Å². The van der Waals surface area contributed by atoms with Gasteiger partial charge in [-0.15, -0.1) is 0 Å².